The van der Waals surface area contributed by atoms with E-state index in [2.05, 4.69) is 10.2 Å². The maximum absolute atomic E-state index is 12.4. The van der Waals surface area contributed by atoms with Gasteiger partial charge in [0.25, 0.3) is 11.5 Å². The summed E-state index contributed by atoms with van der Waals surface area (Å²) in [5, 5.41) is 6.71. The molecule has 1 aromatic heterocycles. The summed E-state index contributed by atoms with van der Waals surface area (Å²) in [5.41, 5.74) is -0.462. The Morgan fingerprint density at radius 2 is 1.83 bits per heavy atom. The van der Waals surface area contributed by atoms with Gasteiger partial charge in [-0.15, -0.1) is 0 Å². The highest BCUT2D eigenvalue weighted by atomic mass is 16.6. The fourth-order valence-electron chi connectivity index (χ4n) is 3.14. The Bertz CT molecular complexity index is 1160. The quantitative estimate of drug-likeness (QED) is 0.634. The summed E-state index contributed by atoms with van der Waals surface area (Å²) >= 11 is 0. The second-order valence-corrected chi connectivity index (χ2v) is 6.79. The van der Waals surface area contributed by atoms with Gasteiger partial charge in [-0.25, -0.2) is 9.89 Å². The molecule has 0 spiro atoms. The molecular weight excluding hydrogens is 390 g/mol. The number of aromatic amines is 1. The molecule has 30 heavy (non-hydrogen) atoms. The summed E-state index contributed by atoms with van der Waals surface area (Å²) < 4.78 is 16.6. The molecule has 1 amide bonds. The number of aromatic nitrogens is 2. The molecule has 0 fully saturated rings. The molecule has 3 aromatic rings. The van der Waals surface area contributed by atoms with Gasteiger partial charge in [0.1, 0.15) is 6.61 Å². The molecule has 9 heteroatoms. The second-order valence-electron chi connectivity index (χ2n) is 6.79. The zero-order chi connectivity index (χ0) is 21.1. The number of benzene rings is 2. The van der Waals surface area contributed by atoms with E-state index in [1.165, 1.54) is 4.90 Å². The molecular formula is C21H19N3O6. The van der Waals surface area contributed by atoms with Gasteiger partial charge in [0, 0.05) is 12.4 Å². The van der Waals surface area contributed by atoms with Crippen LogP contribution in [0.1, 0.15) is 10.5 Å². The van der Waals surface area contributed by atoms with Crippen molar-refractivity contribution in [2.75, 3.05) is 26.8 Å². The number of nitrogens with zero attached hydrogens (tertiary/aromatic N) is 2. The summed E-state index contributed by atoms with van der Waals surface area (Å²) in [6.07, 6.45) is -0.339. The lowest BCUT2D eigenvalue weighted by molar-refractivity contribution is -0.134. The molecule has 1 aliphatic rings. The molecule has 0 radical (unpaired) electrons. The minimum atomic E-state index is -0.796. The SMILES string of the molecule is CN(C[C@H]1COc2ccccc2O1)C(=O)COC(=O)c1n[nH]c(=O)c2ccccc12. The molecule has 0 saturated heterocycles. The van der Waals surface area contributed by atoms with Gasteiger partial charge >= 0.3 is 5.97 Å². The van der Waals surface area contributed by atoms with Crippen LogP contribution in [0.4, 0.5) is 0 Å². The maximum Gasteiger partial charge on any atom is 0.359 e. The van der Waals surface area contributed by atoms with E-state index in [-0.39, 0.29) is 18.3 Å². The van der Waals surface area contributed by atoms with Crippen LogP contribution in [0.2, 0.25) is 0 Å². The fourth-order valence-corrected chi connectivity index (χ4v) is 3.14. The Kier molecular flexibility index (Phi) is 5.34. The third-order valence-electron chi connectivity index (χ3n) is 4.69. The van der Waals surface area contributed by atoms with Crippen LogP contribution in [-0.4, -0.2) is 59.9 Å². The number of fused-ring (bicyclic) bond motifs is 2. The zero-order valence-corrected chi connectivity index (χ0v) is 16.2. The van der Waals surface area contributed by atoms with E-state index in [0.717, 1.165) is 0 Å². The minimum absolute atomic E-state index is 0.0544. The lowest BCUT2D eigenvalue weighted by Gasteiger charge is -2.29. The maximum atomic E-state index is 12.4. The molecule has 1 aliphatic heterocycles. The molecule has 2 aromatic carbocycles. The summed E-state index contributed by atoms with van der Waals surface area (Å²) in [5.74, 6) is 0.0873. The highest BCUT2D eigenvalue weighted by Gasteiger charge is 2.24. The van der Waals surface area contributed by atoms with E-state index >= 15 is 0 Å². The molecule has 0 saturated carbocycles. The molecule has 2 heterocycles. The van der Waals surface area contributed by atoms with Crippen LogP contribution in [0, 0.1) is 0 Å². The predicted octanol–water partition coefficient (Wildman–Crippen LogP) is 1.38. The number of rotatable bonds is 5. The van der Waals surface area contributed by atoms with Crippen LogP contribution in [0.25, 0.3) is 10.8 Å². The third kappa shape index (κ3) is 3.95. The molecule has 1 atom stereocenters. The van der Waals surface area contributed by atoms with E-state index in [0.29, 0.717) is 28.9 Å². The third-order valence-corrected chi connectivity index (χ3v) is 4.69. The monoisotopic (exact) mass is 409 g/mol. The van der Waals surface area contributed by atoms with Crippen LogP contribution in [-0.2, 0) is 9.53 Å². The van der Waals surface area contributed by atoms with E-state index in [9.17, 15) is 14.4 Å². The molecule has 0 bridgehead atoms. The highest BCUT2D eigenvalue weighted by Crippen LogP contribution is 2.30. The van der Waals surface area contributed by atoms with Crippen LogP contribution < -0.4 is 15.0 Å². The van der Waals surface area contributed by atoms with Crippen LogP contribution in [0.5, 0.6) is 11.5 Å². The van der Waals surface area contributed by atoms with E-state index in [1.807, 2.05) is 18.2 Å². The van der Waals surface area contributed by atoms with Crippen LogP contribution >= 0.6 is 0 Å². The van der Waals surface area contributed by atoms with Gasteiger partial charge in [0.05, 0.1) is 11.9 Å². The van der Waals surface area contributed by atoms with Gasteiger partial charge in [-0.1, -0.05) is 30.3 Å². The van der Waals surface area contributed by atoms with Crippen molar-refractivity contribution in [2.45, 2.75) is 6.10 Å². The van der Waals surface area contributed by atoms with Gasteiger partial charge in [0.15, 0.2) is 29.9 Å². The van der Waals surface area contributed by atoms with Gasteiger partial charge in [-0.05, 0) is 18.2 Å². The van der Waals surface area contributed by atoms with Gasteiger partial charge in [0.2, 0.25) is 0 Å². The molecule has 4 rings (SSSR count). The number of hydrogen-bond donors (Lipinski definition) is 1. The highest BCUT2D eigenvalue weighted by molar-refractivity contribution is 6.02. The van der Waals surface area contributed by atoms with Crippen molar-refractivity contribution < 1.29 is 23.8 Å². The fraction of sp³-hybridized carbons (Fsp3) is 0.238. The van der Waals surface area contributed by atoms with Crippen LogP contribution in [0.3, 0.4) is 0 Å². The largest absolute Gasteiger partial charge is 0.486 e. The minimum Gasteiger partial charge on any atom is -0.486 e. The Hall–Kier alpha value is -3.88. The lowest BCUT2D eigenvalue weighted by Crippen LogP contribution is -2.43. The lowest BCUT2D eigenvalue weighted by atomic mass is 10.1. The Labute approximate surface area is 171 Å². The number of carbonyl (C=O) groups is 2. The number of amides is 1. The number of H-pyrrole nitrogens is 1. The van der Waals surface area contributed by atoms with Crippen molar-refractivity contribution >= 4 is 22.6 Å². The first kappa shape index (κ1) is 19.4. The normalized spacial score (nSPS) is 14.9. The van der Waals surface area contributed by atoms with Crippen molar-refractivity contribution in [1.82, 2.24) is 15.1 Å². The average molecular weight is 409 g/mol. The number of carbonyl (C=O) groups excluding carboxylic acids is 2. The smallest absolute Gasteiger partial charge is 0.359 e. The molecule has 0 aliphatic carbocycles. The number of esters is 1. The molecule has 0 unspecified atom stereocenters. The molecule has 154 valence electrons. The zero-order valence-electron chi connectivity index (χ0n) is 16.2. The summed E-state index contributed by atoms with van der Waals surface area (Å²) in [4.78, 5) is 38.0. The standard InChI is InChI=1S/C21H19N3O6/c1-24(10-13-11-28-16-8-4-5-9-17(16)30-13)18(25)12-29-21(27)19-14-6-2-3-7-15(14)20(26)23-22-19/h2-9,13H,10-12H2,1H3,(H,23,26)/t13-/m0/s1. The molecule has 1 N–H and O–H groups in total. The number of nitrogens with one attached hydrogen (secondary N) is 1. The van der Waals surface area contributed by atoms with Gasteiger partial charge in [-0.3, -0.25) is 9.59 Å². The van der Waals surface area contributed by atoms with E-state index in [4.69, 9.17) is 14.2 Å². The van der Waals surface area contributed by atoms with Crippen molar-refractivity contribution in [3.8, 4) is 11.5 Å². The average Bonchev–Trinajstić information content (AvgIpc) is 2.77. The Balaban J connectivity index is 1.35. The summed E-state index contributed by atoms with van der Waals surface area (Å²) in [6.45, 7) is 0.112. The number of ether oxygens (including phenoxy) is 3. The number of likely N-dealkylation sites (N-methyl/N-ethyl adjacent to an activating group) is 1. The molecule has 9 nitrogen and oxygen atoms in total. The van der Waals surface area contributed by atoms with Gasteiger partial charge in [-0.2, -0.15) is 5.10 Å². The summed E-state index contributed by atoms with van der Waals surface area (Å²) in [7, 11) is 1.59. The van der Waals surface area contributed by atoms with E-state index in [1.54, 1.807) is 37.4 Å². The first-order valence-electron chi connectivity index (χ1n) is 9.30. The van der Waals surface area contributed by atoms with Gasteiger partial charge < -0.3 is 19.1 Å². The topological polar surface area (TPSA) is 111 Å². The Morgan fingerprint density at radius 1 is 1.13 bits per heavy atom. The van der Waals surface area contributed by atoms with Crippen molar-refractivity contribution in [3.63, 3.8) is 0 Å². The number of para-hydroxylation sites is 2. The first-order valence-corrected chi connectivity index (χ1v) is 9.30. The van der Waals surface area contributed by atoms with Crippen molar-refractivity contribution in [1.29, 1.82) is 0 Å². The second kappa shape index (κ2) is 8.24. The van der Waals surface area contributed by atoms with Crippen molar-refractivity contribution in [3.05, 3.63) is 64.6 Å². The number of hydrogen-bond acceptors (Lipinski definition) is 7. The first-order chi connectivity index (χ1) is 14.5. The van der Waals surface area contributed by atoms with Crippen LogP contribution in [0.15, 0.2) is 53.3 Å². The predicted molar refractivity (Wildman–Crippen MR) is 107 cm³/mol. The van der Waals surface area contributed by atoms with E-state index < -0.39 is 24.0 Å². The summed E-state index contributed by atoms with van der Waals surface area (Å²) in [6, 6.07) is 13.8. The Morgan fingerprint density at radius 3 is 2.63 bits per heavy atom. The van der Waals surface area contributed by atoms with Crippen molar-refractivity contribution in [2.24, 2.45) is 0 Å².